The van der Waals surface area contributed by atoms with E-state index in [0.29, 0.717) is 0 Å². The molecule has 0 fully saturated rings. The van der Waals surface area contributed by atoms with Gasteiger partial charge in [0.05, 0.1) is 0 Å². The van der Waals surface area contributed by atoms with E-state index in [-0.39, 0.29) is 11.6 Å². The first-order valence-corrected chi connectivity index (χ1v) is 4.64. The second-order valence-corrected chi connectivity index (χ2v) is 3.26. The van der Waals surface area contributed by atoms with E-state index in [4.69, 9.17) is 0 Å². The van der Waals surface area contributed by atoms with Gasteiger partial charge in [-0.2, -0.15) is 0 Å². The van der Waals surface area contributed by atoms with Gasteiger partial charge in [-0.15, -0.1) is 0 Å². The molecule has 1 heterocycles. The molecule has 0 unspecified atom stereocenters. The Morgan fingerprint density at radius 1 is 1.00 bits per heavy atom. The van der Waals surface area contributed by atoms with E-state index in [1.165, 1.54) is 26.0 Å². The number of allylic oxidation sites excluding steroid dienone is 2. The number of hydrogen-bond acceptors (Lipinski definition) is 2. The molecule has 0 aliphatic carbocycles. The van der Waals surface area contributed by atoms with Gasteiger partial charge in [-0.3, -0.25) is 9.59 Å². The van der Waals surface area contributed by atoms with Crippen molar-refractivity contribution in [3.05, 3.63) is 35.7 Å². The van der Waals surface area contributed by atoms with E-state index in [9.17, 15) is 9.59 Å². The van der Waals surface area contributed by atoms with Crippen LogP contribution in [0.1, 0.15) is 25.2 Å². The molecule has 1 rings (SSSR count). The van der Waals surface area contributed by atoms with Crippen LogP contribution >= 0.6 is 0 Å². The lowest BCUT2D eigenvalue weighted by Crippen LogP contribution is -1.81. The molecule has 0 saturated carbocycles. The van der Waals surface area contributed by atoms with Crippen molar-refractivity contribution in [2.75, 3.05) is 0 Å². The third kappa shape index (κ3) is 4.22. The van der Waals surface area contributed by atoms with Gasteiger partial charge in [-0.05, 0) is 50.3 Å². The summed E-state index contributed by atoms with van der Waals surface area (Å²) in [5, 5.41) is 0. The SMILES string of the molecule is CC(=O)/C=C/c1ccc(/C=C/C(C)=O)[nH]1. The maximum Gasteiger partial charge on any atom is 0.152 e. The first-order chi connectivity index (χ1) is 7.08. The first-order valence-electron chi connectivity index (χ1n) is 4.64. The van der Waals surface area contributed by atoms with Gasteiger partial charge in [0.1, 0.15) is 0 Å². The van der Waals surface area contributed by atoms with Crippen molar-refractivity contribution in [3.63, 3.8) is 0 Å². The molecule has 3 nitrogen and oxygen atoms in total. The van der Waals surface area contributed by atoms with Crippen molar-refractivity contribution in [2.45, 2.75) is 13.8 Å². The molecule has 0 aliphatic rings. The van der Waals surface area contributed by atoms with Crippen LogP contribution in [0.3, 0.4) is 0 Å². The minimum absolute atomic E-state index is 0.00503. The fourth-order valence-electron chi connectivity index (χ4n) is 1.04. The quantitative estimate of drug-likeness (QED) is 0.763. The van der Waals surface area contributed by atoms with Crippen LogP contribution in [0.15, 0.2) is 24.3 Å². The lowest BCUT2D eigenvalue weighted by Gasteiger charge is -1.86. The number of aromatic nitrogens is 1. The molecule has 3 heteroatoms. The molecule has 78 valence electrons. The summed E-state index contributed by atoms with van der Waals surface area (Å²) in [7, 11) is 0. The zero-order chi connectivity index (χ0) is 11.3. The van der Waals surface area contributed by atoms with Crippen molar-refractivity contribution in [3.8, 4) is 0 Å². The summed E-state index contributed by atoms with van der Waals surface area (Å²) in [4.78, 5) is 24.4. The van der Waals surface area contributed by atoms with E-state index in [0.717, 1.165) is 11.4 Å². The van der Waals surface area contributed by atoms with Crippen LogP contribution in [0.4, 0.5) is 0 Å². The summed E-state index contributed by atoms with van der Waals surface area (Å²) >= 11 is 0. The highest BCUT2D eigenvalue weighted by Crippen LogP contribution is 2.05. The number of ketones is 2. The minimum atomic E-state index is 0.00503. The number of rotatable bonds is 4. The highest BCUT2D eigenvalue weighted by molar-refractivity contribution is 5.92. The van der Waals surface area contributed by atoms with E-state index in [1.807, 2.05) is 12.1 Å². The minimum Gasteiger partial charge on any atom is -0.356 e. The Bertz CT molecular complexity index is 386. The maximum atomic E-state index is 10.7. The first kappa shape index (κ1) is 11.2. The monoisotopic (exact) mass is 203 g/mol. The Morgan fingerprint density at radius 2 is 1.40 bits per heavy atom. The molecule has 0 amide bonds. The van der Waals surface area contributed by atoms with E-state index in [1.54, 1.807) is 12.2 Å². The van der Waals surface area contributed by atoms with E-state index >= 15 is 0 Å². The Hall–Kier alpha value is -1.90. The van der Waals surface area contributed by atoms with Gasteiger partial charge in [0.25, 0.3) is 0 Å². The summed E-state index contributed by atoms with van der Waals surface area (Å²) in [6.07, 6.45) is 6.38. The number of nitrogens with one attached hydrogen (secondary N) is 1. The highest BCUT2D eigenvalue weighted by Gasteiger charge is 1.92. The van der Waals surface area contributed by atoms with Gasteiger partial charge in [0, 0.05) is 11.4 Å². The summed E-state index contributed by atoms with van der Waals surface area (Å²) in [5.74, 6) is 0.0101. The standard InChI is InChI=1S/C12H13NO2/c1-9(14)3-5-11-7-8-12(13-11)6-4-10(2)15/h3-8,13H,1-2H3/b5-3+,6-4+. The van der Waals surface area contributed by atoms with Crippen LogP contribution in [0.2, 0.25) is 0 Å². The second kappa shape index (κ2) is 5.10. The molecule has 0 saturated heterocycles. The molecule has 0 aromatic carbocycles. The highest BCUT2D eigenvalue weighted by atomic mass is 16.1. The fourth-order valence-corrected chi connectivity index (χ4v) is 1.04. The largest absolute Gasteiger partial charge is 0.356 e. The maximum absolute atomic E-state index is 10.7. The van der Waals surface area contributed by atoms with E-state index in [2.05, 4.69) is 4.98 Å². The van der Waals surface area contributed by atoms with Gasteiger partial charge in [-0.1, -0.05) is 0 Å². The van der Waals surface area contributed by atoms with Crippen LogP contribution < -0.4 is 0 Å². The Labute approximate surface area is 88.5 Å². The summed E-state index contributed by atoms with van der Waals surface area (Å²) in [5.41, 5.74) is 1.68. The zero-order valence-electron chi connectivity index (χ0n) is 8.78. The van der Waals surface area contributed by atoms with Crippen LogP contribution in [0.5, 0.6) is 0 Å². The summed E-state index contributed by atoms with van der Waals surface area (Å²) in [6.45, 7) is 2.99. The van der Waals surface area contributed by atoms with Crippen molar-refractivity contribution in [1.82, 2.24) is 4.98 Å². The van der Waals surface area contributed by atoms with Crippen LogP contribution in [-0.4, -0.2) is 16.6 Å². The average Bonchev–Trinajstić information content (AvgIpc) is 2.59. The van der Waals surface area contributed by atoms with Crippen molar-refractivity contribution in [1.29, 1.82) is 0 Å². The third-order valence-corrected chi connectivity index (χ3v) is 1.73. The molecule has 0 atom stereocenters. The van der Waals surface area contributed by atoms with Crippen LogP contribution in [0.25, 0.3) is 12.2 Å². The Kier molecular flexibility index (Phi) is 3.80. The molecule has 0 bridgehead atoms. The molecule has 0 spiro atoms. The molecule has 1 aromatic heterocycles. The molecular weight excluding hydrogens is 190 g/mol. The van der Waals surface area contributed by atoms with E-state index < -0.39 is 0 Å². The smallest absolute Gasteiger partial charge is 0.152 e. The predicted molar refractivity (Wildman–Crippen MR) is 60.2 cm³/mol. The number of carbonyl (C=O) groups is 2. The van der Waals surface area contributed by atoms with Crippen molar-refractivity contribution < 1.29 is 9.59 Å². The van der Waals surface area contributed by atoms with Crippen LogP contribution in [0, 0.1) is 0 Å². The summed E-state index contributed by atoms with van der Waals surface area (Å²) < 4.78 is 0. The number of carbonyl (C=O) groups excluding carboxylic acids is 2. The normalized spacial score (nSPS) is 11.3. The molecule has 0 radical (unpaired) electrons. The number of aromatic amines is 1. The Balaban J connectivity index is 2.72. The predicted octanol–water partition coefficient (Wildman–Crippen LogP) is 2.22. The van der Waals surface area contributed by atoms with Crippen LogP contribution in [-0.2, 0) is 9.59 Å². The fraction of sp³-hybridized carbons (Fsp3) is 0.167. The average molecular weight is 203 g/mol. The van der Waals surface area contributed by atoms with Gasteiger partial charge >= 0.3 is 0 Å². The lowest BCUT2D eigenvalue weighted by molar-refractivity contribution is -0.113. The summed E-state index contributed by atoms with van der Waals surface area (Å²) in [6, 6.07) is 3.69. The van der Waals surface area contributed by atoms with Crippen molar-refractivity contribution in [2.24, 2.45) is 0 Å². The van der Waals surface area contributed by atoms with Gasteiger partial charge < -0.3 is 4.98 Å². The van der Waals surface area contributed by atoms with Gasteiger partial charge in [0.15, 0.2) is 11.6 Å². The molecule has 1 N–H and O–H groups in total. The van der Waals surface area contributed by atoms with Crippen molar-refractivity contribution >= 4 is 23.7 Å². The molecular formula is C12H13NO2. The van der Waals surface area contributed by atoms with Gasteiger partial charge in [0.2, 0.25) is 0 Å². The zero-order valence-corrected chi connectivity index (χ0v) is 8.78. The second-order valence-electron chi connectivity index (χ2n) is 3.26. The number of H-pyrrole nitrogens is 1. The lowest BCUT2D eigenvalue weighted by atomic mass is 10.3. The Morgan fingerprint density at radius 3 is 1.73 bits per heavy atom. The topological polar surface area (TPSA) is 49.9 Å². The molecule has 15 heavy (non-hydrogen) atoms. The van der Waals surface area contributed by atoms with Gasteiger partial charge in [-0.25, -0.2) is 0 Å². The number of hydrogen-bond donors (Lipinski definition) is 1. The molecule has 0 aliphatic heterocycles. The molecule has 1 aromatic rings. The third-order valence-electron chi connectivity index (χ3n) is 1.73.